The van der Waals surface area contributed by atoms with Crippen molar-refractivity contribution >= 4 is 14.0 Å². The average Bonchev–Trinajstić information content (AvgIpc) is 2.44. The standard InChI is InChI=1S/C17H31NO3Si/c1-17(2,3)22(5,6)21-12-11-15(19)13-18-14-7-9-16(20-4)10-8-14/h7-10,15,18-19H,11-13H2,1-6H3. The van der Waals surface area contributed by atoms with Crippen LogP contribution in [0.4, 0.5) is 5.69 Å². The van der Waals surface area contributed by atoms with E-state index in [9.17, 15) is 5.11 Å². The molecule has 126 valence electrons. The number of anilines is 1. The first-order valence-corrected chi connectivity index (χ1v) is 10.8. The van der Waals surface area contributed by atoms with Crippen molar-refractivity contribution in [3.05, 3.63) is 24.3 Å². The number of aliphatic hydroxyl groups is 1. The van der Waals surface area contributed by atoms with Crippen LogP contribution in [0.2, 0.25) is 18.1 Å². The summed E-state index contributed by atoms with van der Waals surface area (Å²) in [5, 5.41) is 13.5. The minimum Gasteiger partial charge on any atom is -0.497 e. The summed E-state index contributed by atoms with van der Waals surface area (Å²) in [7, 11) is -0.0672. The molecule has 0 fully saturated rings. The molecule has 0 spiro atoms. The van der Waals surface area contributed by atoms with Crippen LogP contribution in [0, 0.1) is 0 Å². The Bertz CT molecular complexity index is 440. The molecule has 5 heteroatoms. The summed E-state index contributed by atoms with van der Waals surface area (Å²) < 4.78 is 11.2. The van der Waals surface area contributed by atoms with Gasteiger partial charge in [0.2, 0.25) is 0 Å². The molecule has 22 heavy (non-hydrogen) atoms. The lowest BCUT2D eigenvalue weighted by Gasteiger charge is -2.36. The number of methoxy groups -OCH3 is 1. The Morgan fingerprint density at radius 2 is 1.77 bits per heavy atom. The van der Waals surface area contributed by atoms with Gasteiger partial charge in [-0.3, -0.25) is 0 Å². The van der Waals surface area contributed by atoms with Gasteiger partial charge in [0.1, 0.15) is 5.75 Å². The molecule has 2 N–H and O–H groups in total. The summed E-state index contributed by atoms with van der Waals surface area (Å²) in [6, 6.07) is 7.68. The summed E-state index contributed by atoms with van der Waals surface area (Å²) in [4.78, 5) is 0. The Kier molecular flexibility index (Phi) is 6.90. The number of hydrogen-bond acceptors (Lipinski definition) is 4. The summed E-state index contributed by atoms with van der Waals surface area (Å²) in [6.45, 7) is 12.3. The van der Waals surface area contributed by atoms with Crippen molar-refractivity contribution in [1.29, 1.82) is 0 Å². The second-order valence-corrected chi connectivity index (χ2v) is 12.0. The van der Waals surface area contributed by atoms with Gasteiger partial charge < -0.3 is 19.6 Å². The van der Waals surface area contributed by atoms with Gasteiger partial charge in [-0.05, 0) is 48.8 Å². The summed E-state index contributed by atoms with van der Waals surface area (Å²) in [5.74, 6) is 0.828. The van der Waals surface area contributed by atoms with Gasteiger partial charge in [0.05, 0.1) is 13.2 Å². The predicted octanol–water partition coefficient (Wildman–Crippen LogP) is 3.88. The van der Waals surface area contributed by atoms with Crippen LogP contribution >= 0.6 is 0 Å². The molecule has 0 saturated heterocycles. The van der Waals surface area contributed by atoms with E-state index < -0.39 is 14.4 Å². The lowest BCUT2D eigenvalue weighted by Crippen LogP contribution is -2.41. The molecule has 4 nitrogen and oxygen atoms in total. The van der Waals surface area contributed by atoms with Gasteiger partial charge in [-0.15, -0.1) is 0 Å². The topological polar surface area (TPSA) is 50.7 Å². The molecule has 0 saturated carbocycles. The van der Waals surface area contributed by atoms with E-state index in [4.69, 9.17) is 9.16 Å². The fraction of sp³-hybridized carbons (Fsp3) is 0.647. The molecular weight excluding hydrogens is 294 g/mol. The highest BCUT2D eigenvalue weighted by atomic mass is 28.4. The zero-order chi connectivity index (χ0) is 16.8. The molecule has 0 aromatic heterocycles. The molecule has 1 atom stereocenters. The molecule has 0 radical (unpaired) electrons. The van der Waals surface area contributed by atoms with Crippen LogP contribution in [0.5, 0.6) is 5.75 Å². The average molecular weight is 326 g/mol. The summed E-state index contributed by atoms with van der Waals surface area (Å²) in [6.07, 6.45) is 0.238. The lowest BCUT2D eigenvalue weighted by molar-refractivity contribution is 0.145. The van der Waals surface area contributed by atoms with Gasteiger partial charge in [-0.25, -0.2) is 0 Å². The van der Waals surface area contributed by atoms with Crippen molar-refractivity contribution in [2.45, 2.75) is 51.4 Å². The first-order valence-electron chi connectivity index (χ1n) is 7.85. The number of aliphatic hydroxyl groups excluding tert-OH is 1. The molecule has 1 aromatic rings. The van der Waals surface area contributed by atoms with Crippen molar-refractivity contribution in [2.24, 2.45) is 0 Å². The van der Waals surface area contributed by atoms with Crippen LogP contribution in [-0.4, -0.2) is 39.8 Å². The molecule has 0 amide bonds. The van der Waals surface area contributed by atoms with E-state index in [-0.39, 0.29) is 5.04 Å². The third-order valence-corrected chi connectivity index (χ3v) is 8.89. The van der Waals surface area contributed by atoms with Crippen molar-refractivity contribution in [3.63, 3.8) is 0 Å². The Balaban J connectivity index is 2.30. The molecule has 0 heterocycles. The van der Waals surface area contributed by atoms with Crippen LogP contribution in [0.15, 0.2) is 24.3 Å². The minimum atomic E-state index is -1.71. The number of hydrogen-bond donors (Lipinski definition) is 2. The Morgan fingerprint density at radius 1 is 1.18 bits per heavy atom. The largest absolute Gasteiger partial charge is 0.497 e. The van der Waals surface area contributed by atoms with E-state index in [2.05, 4.69) is 39.2 Å². The van der Waals surface area contributed by atoms with Crippen LogP contribution in [-0.2, 0) is 4.43 Å². The second-order valence-electron chi connectivity index (χ2n) is 7.16. The number of ether oxygens (including phenoxy) is 1. The quantitative estimate of drug-likeness (QED) is 0.712. The highest BCUT2D eigenvalue weighted by molar-refractivity contribution is 6.74. The Morgan fingerprint density at radius 3 is 2.27 bits per heavy atom. The van der Waals surface area contributed by atoms with E-state index in [1.807, 2.05) is 24.3 Å². The van der Waals surface area contributed by atoms with Gasteiger partial charge in [0, 0.05) is 18.8 Å². The van der Waals surface area contributed by atoms with Gasteiger partial charge in [-0.1, -0.05) is 20.8 Å². The SMILES string of the molecule is COc1ccc(NCC(O)CCO[Si](C)(C)C(C)(C)C)cc1. The molecular formula is C17H31NO3Si. The van der Waals surface area contributed by atoms with Crippen LogP contribution in [0.25, 0.3) is 0 Å². The van der Waals surface area contributed by atoms with E-state index in [1.165, 1.54) is 0 Å². The Hall–Kier alpha value is -1.04. The van der Waals surface area contributed by atoms with Gasteiger partial charge in [-0.2, -0.15) is 0 Å². The van der Waals surface area contributed by atoms with Crippen LogP contribution in [0.3, 0.4) is 0 Å². The Labute approximate surface area is 136 Å². The van der Waals surface area contributed by atoms with Crippen molar-refractivity contribution < 1.29 is 14.3 Å². The van der Waals surface area contributed by atoms with Gasteiger partial charge in [0.15, 0.2) is 8.32 Å². The molecule has 0 aliphatic heterocycles. The van der Waals surface area contributed by atoms with Crippen molar-refractivity contribution in [1.82, 2.24) is 0 Å². The first-order chi connectivity index (χ1) is 10.2. The fourth-order valence-corrected chi connectivity index (χ4v) is 2.77. The molecule has 0 bridgehead atoms. The molecule has 1 rings (SSSR count). The number of benzene rings is 1. The van der Waals surface area contributed by atoms with Crippen LogP contribution in [0.1, 0.15) is 27.2 Å². The molecule has 0 aliphatic carbocycles. The third kappa shape index (κ3) is 5.99. The normalized spacial score (nSPS) is 13.8. The van der Waals surface area contributed by atoms with Gasteiger partial charge >= 0.3 is 0 Å². The van der Waals surface area contributed by atoms with Crippen LogP contribution < -0.4 is 10.1 Å². The number of rotatable bonds is 8. The van der Waals surface area contributed by atoms with E-state index in [0.29, 0.717) is 19.6 Å². The maximum atomic E-state index is 10.1. The maximum Gasteiger partial charge on any atom is 0.191 e. The van der Waals surface area contributed by atoms with E-state index >= 15 is 0 Å². The predicted molar refractivity (Wildman–Crippen MR) is 95.3 cm³/mol. The molecule has 0 aliphatic rings. The highest BCUT2D eigenvalue weighted by Crippen LogP contribution is 2.36. The van der Waals surface area contributed by atoms with Gasteiger partial charge in [0.25, 0.3) is 0 Å². The highest BCUT2D eigenvalue weighted by Gasteiger charge is 2.36. The summed E-state index contributed by atoms with van der Waals surface area (Å²) in [5.41, 5.74) is 0.977. The van der Waals surface area contributed by atoms with Crippen molar-refractivity contribution in [2.75, 3.05) is 25.6 Å². The molecule has 1 aromatic carbocycles. The third-order valence-electron chi connectivity index (χ3n) is 4.35. The smallest absolute Gasteiger partial charge is 0.191 e. The molecule has 1 unspecified atom stereocenters. The van der Waals surface area contributed by atoms with Crippen molar-refractivity contribution in [3.8, 4) is 5.75 Å². The summed E-state index contributed by atoms with van der Waals surface area (Å²) >= 11 is 0. The van der Waals surface area contributed by atoms with E-state index in [1.54, 1.807) is 7.11 Å². The zero-order valence-electron chi connectivity index (χ0n) is 14.8. The monoisotopic (exact) mass is 325 g/mol. The number of nitrogens with one attached hydrogen (secondary N) is 1. The fourth-order valence-electron chi connectivity index (χ4n) is 1.71. The lowest BCUT2D eigenvalue weighted by atomic mass is 10.2. The maximum absolute atomic E-state index is 10.1. The minimum absolute atomic E-state index is 0.208. The zero-order valence-corrected chi connectivity index (χ0v) is 15.8. The second kappa shape index (κ2) is 7.99. The van der Waals surface area contributed by atoms with E-state index in [0.717, 1.165) is 11.4 Å². The first kappa shape index (κ1) is 19.0.